The van der Waals surface area contributed by atoms with E-state index in [2.05, 4.69) is 41.5 Å². The molecule has 1 saturated carbocycles. The molecule has 0 spiro atoms. The van der Waals surface area contributed by atoms with Crippen molar-refractivity contribution in [3.8, 4) is 0 Å². The fraction of sp³-hybridized carbons (Fsp3) is 1.00. The summed E-state index contributed by atoms with van der Waals surface area (Å²) >= 11 is 0. The molecule has 2 aliphatic rings. The first-order valence-electron chi connectivity index (χ1n) is 6.23. The first kappa shape index (κ1) is 10.7. The summed E-state index contributed by atoms with van der Waals surface area (Å²) in [5.74, 6) is 0. The van der Waals surface area contributed by atoms with E-state index in [4.69, 9.17) is 0 Å². The van der Waals surface area contributed by atoms with Crippen molar-refractivity contribution in [1.82, 2.24) is 0 Å². The number of rotatable bonds is 0. The second kappa shape index (κ2) is 2.66. The highest BCUT2D eigenvalue weighted by Gasteiger charge is 2.76. The summed E-state index contributed by atoms with van der Waals surface area (Å²) in [6.07, 6.45) is 4.65. The molecule has 1 heterocycles. The van der Waals surface area contributed by atoms with E-state index < -0.39 is 8.07 Å². The maximum atomic E-state index is 2.52. The van der Waals surface area contributed by atoms with Gasteiger partial charge in [-0.25, -0.2) is 0 Å². The van der Waals surface area contributed by atoms with Gasteiger partial charge in [0.2, 0.25) is 0 Å². The van der Waals surface area contributed by atoms with E-state index in [0.717, 1.165) is 0 Å². The fourth-order valence-electron chi connectivity index (χ4n) is 5.30. The average molecular weight is 210 g/mol. The average Bonchev–Trinajstić information content (AvgIpc) is 2.38. The second-order valence-corrected chi connectivity index (χ2v) is 13.7. The minimum atomic E-state index is -1.00. The number of fused-ring (bicyclic) bond motifs is 1. The van der Waals surface area contributed by atoms with Crippen LogP contribution in [0.4, 0.5) is 0 Å². The smallest absolute Gasteiger partial charge is 0.0625 e. The Morgan fingerprint density at radius 1 is 0.786 bits per heavy atom. The third kappa shape index (κ3) is 1.05. The van der Waals surface area contributed by atoms with Crippen molar-refractivity contribution in [3.05, 3.63) is 0 Å². The van der Waals surface area contributed by atoms with Gasteiger partial charge in [-0.2, -0.15) is 0 Å². The van der Waals surface area contributed by atoms with Crippen molar-refractivity contribution < 1.29 is 0 Å². The van der Waals surface area contributed by atoms with Crippen LogP contribution in [0.2, 0.25) is 21.2 Å². The van der Waals surface area contributed by atoms with Gasteiger partial charge < -0.3 is 0 Å². The third-order valence-electron chi connectivity index (χ3n) is 5.06. The summed E-state index contributed by atoms with van der Waals surface area (Å²) in [7, 11) is -1.00. The van der Waals surface area contributed by atoms with Gasteiger partial charge in [-0.1, -0.05) is 60.8 Å². The van der Waals surface area contributed by atoms with Crippen molar-refractivity contribution in [2.75, 3.05) is 0 Å². The largest absolute Gasteiger partial charge is 0.0705 e. The van der Waals surface area contributed by atoms with Crippen molar-refractivity contribution in [1.29, 1.82) is 0 Å². The topological polar surface area (TPSA) is 0 Å². The van der Waals surface area contributed by atoms with Crippen molar-refractivity contribution in [2.24, 2.45) is 0 Å². The summed E-state index contributed by atoms with van der Waals surface area (Å²) in [4.78, 5) is 0. The predicted molar refractivity (Wildman–Crippen MR) is 66.5 cm³/mol. The van der Waals surface area contributed by atoms with E-state index in [1.807, 2.05) is 0 Å². The van der Waals surface area contributed by atoms with Gasteiger partial charge in [-0.3, -0.25) is 0 Å². The van der Waals surface area contributed by atoms with Gasteiger partial charge in [0.1, 0.15) is 0 Å². The van der Waals surface area contributed by atoms with Crippen LogP contribution in [0.15, 0.2) is 0 Å². The second-order valence-electron chi connectivity index (χ2n) is 7.51. The summed E-state index contributed by atoms with van der Waals surface area (Å²) in [5, 5.41) is 1.25. The Morgan fingerprint density at radius 2 is 1.14 bits per heavy atom. The van der Waals surface area contributed by atoms with E-state index in [-0.39, 0.29) is 0 Å². The Bertz CT molecular complexity index is 215. The zero-order valence-corrected chi connectivity index (χ0v) is 11.8. The summed E-state index contributed by atoms with van der Waals surface area (Å²) in [6.45, 7) is 15.1. The lowest BCUT2D eigenvalue weighted by atomic mass is 10.2. The van der Waals surface area contributed by atoms with E-state index in [9.17, 15) is 0 Å². The molecule has 82 valence electrons. The molecule has 2 rings (SSSR count). The SMILES string of the molecule is CC(C)(C)[Si]1(C(C)(C)C)C2CCCC21. The van der Waals surface area contributed by atoms with E-state index in [0.29, 0.717) is 10.1 Å². The van der Waals surface area contributed by atoms with E-state index in [1.165, 1.54) is 17.5 Å². The molecule has 2 atom stereocenters. The molecular formula is C13H26Si. The molecule has 0 aromatic rings. The monoisotopic (exact) mass is 210 g/mol. The maximum absolute atomic E-state index is 2.52. The van der Waals surface area contributed by atoms with E-state index in [1.54, 1.807) is 12.8 Å². The molecule has 0 aromatic carbocycles. The molecule has 2 unspecified atom stereocenters. The molecule has 1 aliphatic heterocycles. The lowest BCUT2D eigenvalue weighted by Crippen LogP contribution is -2.41. The molecule has 1 saturated heterocycles. The van der Waals surface area contributed by atoms with Crippen LogP contribution in [0, 0.1) is 0 Å². The Balaban J connectivity index is 2.35. The molecule has 0 nitrogen and oxygen atoms in total. The Kier molecular flexibility index (Phi) is 2.04. The normalized spacial score (nSPS) is 35.6. The van der Waals surface area contributed by atoms with Gasteiger partial charge in [0.15, 0.2) is 0 Å². The molecule has 0 aromatic heterocycles. The maximum Gasteiger partial charge on any atom is 0.0705 e. The summed E-state index contributed by atoms with van der Waals surface area (Å²) in [6, 6.07) is 0. The van der Waals surface area contributed by atoms with Crippen LogP contribution in [0.25, 0.3) is 0 Å². The van der Waals surface area contributed by atoms with E-state index >= 15 is 0 Å². The number of hydrogen-bond acceptors (Lipinski definition) is 0. The van der Waals surface area contributed by atoms with Crippen molar-refractivity contribution >= 4 is 8.07 Å². The number of hydrogen-bond donors (Lipinski definition) is 0. The first-order valence-corrected chi connectivity index (χ1v) is 8.38. The Hall–Kier alpha value is 0.217. The Labute approximate surface area is 90.5 Å². The third-order valence-corrected chi connectivity index (χ3v) is 13.4. The molecule has 2 fully saturated rings. The minimum Gasteiger partial charge on any atom is -0.0625 e. The lowest BCUT2D eigenvalue weighted by molar-refractivity contribution is 0.616. The van der Waals surface area contributed by atoms with Gasteiger partial charge in [-0.05, 0) is 21.2 Å². The Morgan fingerprint density at radius 3 is 1.36 bits per heavy atom. The highest BCUT2D eigenvalue weighted by atomic mass is 28.3. The van der Waals surface area contributed by atoms with Crippen LogP contribution < -0.4 is 0 Å². The van der Waals surface area contributed by atoms with Crippen LogP contribution in [0.5, 0.6) is 0 Å². The van der Waals surface area contributed by atoms with Gasteiger partial charge >= 0.3 is 0 Å². The van der Waals surface area contributed by atoms with Crippen LogP contribution in [-0.2, 0) is 0 Å². The molecule has 0 N–H and O–H groups in total. The van der Waals surface area contributed by atoms with Crippen LogP contribution in [0.3, 0.4) is 0 Å². The molecule has 14 heavy (non-hydrogen) atoms. The fourth-order valence-corrected chi connectivity index (χ4v) is 15.2. The van der Waals surface area contributed by atoms with Crippen molar-refractivity contribution in [3.63, 3.8) is 0 Å². The quantitative estimate of drug-likeness (QED) is 0.495. The van der Waals surface area contributed by atoms with Crippen LogP contribution in [-0.4, -0.2) is 8.07 Å². The van der Waals surface area contributed by atoms with Gasteiger partial charge in [0, 0.05) is 0 Å². The van der Waals surface area contributed by atoms with Crippen molar-refractivity contribution in [2.45, 2.75) is 82.0 Å². The highest BCUT2D eigenvalue weighted by molar-refractivity contribution is 6.97. The highest BCUT2D eigenvalue weighted by Crippen LogP contribution is 2.82. The van der Waals surface area contributed by atoms with Crippen LogP contribution >= 0.6 is 0 Å². The molecule has 1 aliphatic carbocycles. The molecule has 0 radical (unpaired) electrons. The first-order chi connectivity index (χ1) is 6.23. The molecule has 1 heteroatoms. The standard InChI is InChI=1S/C13H26Si/c1-12(2,3)14(13(4,5)6)10-8-7-9-11(10)14/h10-11H,7-9H2,1-6H3. The summed E-state index contributed by atoms with van der Waals surface area (Å²) < 4.78 is 0. The van der Waals surface area contributed by atoms with Crippen LogP contribution in [0.1, 0.15) is 60.8 Å². The zero-order valence-electron chi connectivity index (χ0n) is 10.8. The van der Waals surface area contributed by atoms with Gasteiger partial charge in [-0.15, -0.1) is 0 Å². The summed E-state index contributed by atoms with van der Waals surface area (Å²) in [5.41, 5.74) is 2.37. The van der Waals surface area contributed by atoms with Gasteiger partial charge in [0.05, 0.1) is 8.07 Å². The molecule has 0 amide bonds. The van der Waals surface area contributed by atoms with Gasteiger partial charge in [0.25, 0.3) is 0 Å². The minimum absolute atomic E-state index is 0.626. The lowest BCUT2D eigenvalue weighted by Gasteiger charge is -2.43. The predicted octanol–water partition coefficient (Wildman–Crippen LogP) is 4.97. The molecule has 0 bridgehead atoms. The zero-order chi connectivity index (χ0) is 10.8. The molecular weight excluding hydrogens is 184 g/mol.